The normalized spacial score (nSPS) is 13.2. The monoisotopic (exact) mass is 648 g/mol. The molecule has 0 nitrogen and oxygen atoms in total. The number of benzene rings is 5. The maximum absolute atomic E-state index is 2.39. The Morgan fingerprint density at radius 1 is 0.333 bits per heavy atom. The molecule has 0 heterocycles. The van der Waals surface area contributed by atoms with Crippen molar-refractivity contribution in [2.75, 3.05) is 0 Å². The Morgan fingerprint density at radius 2 is 0.758 bits per heavy atom. The highest BCUT2D eigenvalue weighted by Crippen LogP contribution is 2.62. The summed E-state index contributed by atoms with van der Waals surface area (Å²) in [7, 11) is 0. The topological polar surface area (TPSA) is 0 Å². The first kappa shape index (κ1) is 22.4. The van der Waals surface area contributed by atoms with E-state index in [4.69, 9.17) is 0 Å². The van der Waals surface area contributed by atoms with Crippen LogP contribution in [0.5, 0.6) is 0 Å². The van der Waals surface area contributed by atoms with Gasteiger partial charge in [0.2, 0.25) is 0 Å². The summed E-state index contributed by atoms with van der Waals surface area (Å²) in [5, 5.41) is 0. The van der Waals surface area contributed by atoms with Gasteiger partial charge in [0, 0.05) is 0 Å². The lowest BCUT2D eigenvalue weighted by atomic mass is 9.70. The van der Waals surface area contributed by atoms with E-state index in [1.165, 1.54) is 55.6 Å². The van der Waals surface area contributed by atoms with E-state index in [0.29, 0.717) is 0 Å². The number of hydrogen-bond acceptors (Lipinski definition) is 0. The van der Waals surface area contributed by atoms with Crippen molar-refractivity contribution >= 4 is 48.0 Å². The fourth-order valence-corrected chi connectivity index (χ4v) is 5.91. The summed E-state index contributed by atoms with van der Waals surface area (Å²) in [6.45, 7) is 0. The summed E-state index contributed by atoms with van der Waals surface area (Å²) < 4.78 is 0. The zero-order valence-corrected chi connectivity index (χ0v) is 22.5. The third-order valence-corrected chi connectivity index (χ3v) is 7.10. The minimum Gasteiger partial charge on any atom is -0.107 e. The molecule has 2 heteroatoms. The van der Waals surface area contributed by atoms with E-state index in [1.54, 1.807) is 0 Å². The van der Waals surface area contributed by atoms with Crippen molar-refractivity contribution in [3.63, 3.8) is 0 Å². The molecule has 7 rings (SSSR count). The van der Waals surface area contributed by atoms with E-state index in [1.807, 2.05) is 0 Å². The van der Waals surface area contributed by atoms with E-state index in [0.717, 1.165) is 0 Å². The van der Waals surface area contributed by atoms with Gasteiger partial charge in [-0.1, -0.05) is 115 Å². The van der Waals surface area contributed by atoms with Crippen LogP contribution in [0.1, 0.15) is 22.3 Å². The van der Waals surface area contributed by atoms with Gasteiger partial charge in [-0.15, -0.1) is 48.0 Å². The van der Waals surface area contributed by atoms with Crippen molar-refractivity contribution < 1.29 is 0 Å². The first-order chi connectivity index (χ1) is 15.4. The average Bonchev–Trinajstić information content (AvgIpc) is 3.32. The van der Waals surface area contributed by atoms with E-state index < -0.39 is 0 Å². The van der Waals surface area contributed by atoms with Gasteiger partial charge in [-0.3, -0.25) is 0 Å². The Kier molecular flexibility index (Phi) is 5.69. The molecule has 0 amide bonds. The van der Waals surface area contributed by atoms with Crippen molar-refractivity contribution in [3.05, 3.63) is 144 Å². The molecule has 0 saturated heterocycles. The van der Waals surface area contributed by atoms with Gasteiger partial charge in [-0.2, -0.15) is 0 Å². The quantitative estimate of drug-likeness (QED) is 0.156. The summed E-state index contributed by atoms with van der Waals surface area (Å²) in [6, 6.07) is 44.6. The highest BCUT2D eigenvalue weighted by Gasteiger charge is 2.51. The van der Waals surface area contributed by atoms with Crippen LogP contribution < -0.4 is 0 Å². The molecule has 5 aromatic carbocycles. The Labute approximate surface area is 228 Å². The van der Waals surface area contributed by atoms with Gasteiger partial charge in [-0.05, 0) is 61.7 Å². The molecule has 5 aromatic rings. The predicted octanol–water partition coefficient (Wildman–Crippen LogP) is 8.93. The molecule has 0 saturated carbocycles. The third kappa shape index (κ3) is 2.93. The fraction of sp³-hybridized carbons (Fsp3) is 0.0323. The van der Waals surface area contributed by atoms with Crippen LogP contribution >= 0.6 is 48.0 Å². The lowest BCUT2D eigenvalue weighted by molar-refractivity contribution is 0.794. The summed E-state index contributed by atoms with van der Waals surface area (Å²) >= 11 is 0. The SMILES string of the molecule is I.I.c1ccc(-c2ccc3c(c2)-c2ccccc2C32c3ccccc3-c3ccccc32)cc1. The van der Waals surface area contributed by atoms with Crippen molar-refractivity contribution in [2.24, 2.45) is 0 Å². The summed E-state index contributed by atoms with van der Waals surface area (Å²) in [5.74, 6) is 0. The molecular weight excluding hydrogens is 626 g/mol. The fourth-order valence-electron chi connectivity index (χ4n) is 5.91. The maximum Gasteiger partial charge on any atom is 0.0725 e. The van der Waals surface area contributed by atoms with Crippen LogP contribution in [-0.2, 0) is 5.41 Å². The summed E-state index contributed by atoms with van der Waals surface area (Å²) in [5.41, 5.74) is 13.3. The second kappa shape index (κ2) is 8.41. The molecule has 1 spiro atoms. The van der Waals surface area contributed by atoms with Crippen LogP contribution in [-0.4, -0.2) is 0 Å². The first-order valence-electron chi connectivity index (χ1n) is 10.9. The van der Waals surface area contributed by atoms with Crippen LogP contribution in [0, 0.1) is 0 Å². The maximum atomic E-state index is 2.39. The Morgan fingerprint density at radius 3 is 1.30 bits per heavy atom. The molecule has 2 aliphatic rings. The molecule has 0 atom stereocenters. The van der Waals surface area contributed by atoms with Crippen molar-refractivity contribution in [2.45, 2.75) is 5.41 Å². The van der Waals surface area contributed by atoms with E-state index in [9.17, 15) is 0 Å². The van der Waals surface area contributed by atoms with Gasteiger partial charge >= 0.3 is 0 Å². The largest absolute Gasteiger partial charge is 0.107 e. The Hall–Kier alpha value is -2.44. The van der Waals surface area contributed by atoms with Crippen LogP contribution in [0.3, 0.4) is 0 Å². The molecule has 2 aliphatic carbocycles. The molecule has 33 heavy (non-hydrogen) atoms. The zero-order valence-electron chi connectivity index (χ0n) is 17.9. The molecule has 0 unspecified atom stereocenters. The molecule has 0 aliphatic heterocycles. The molecular formula is C31H22I2. The van der Waals surface area contributed by atoms with Gasteiger partial charge in [0.15, 0.2) is 0 Å². The lowest BCUT2D eigenvalue weighted by Crippen LogP contribution is -2.25. The van der Waals surface area contributed by atoms with Crippen molar-refractivity contribution in [1.82, 2.24) is 0 Å². The van der Waals surface area contributed by atoms with Gasteiger partial charge < -0.3 is 0 Å². The van der Waals surface area contributed by atoms with E-state index in [-0.39, 0.29) is 53.4 Å². The second-order valence-electron chi connectivity index (χ2n) is 8.51. The minimum atomic E-state index is -0.242. The molecule has 0 bridgehead atoms. The highest BCUT2D eigenvalue weighted by molar-refractivity contribution is 14.0. The number of fused-ring (bicyclic) bond motifs is 10. The molecule has 160 valence electrons. The number of rotatable bonds is 1. The van der Waals surface area contributed by atoms with Gasteiger partial charge in [0.25, 0.3) is 0 Å². The Bertz CT molecular complexity index is 1440. The highest BCUT2D eigenvalue weighted by atomic mass is 127. The lowest BCUT2D eigenvalue weighted by Gasteiger charge is -2.30. The minimum absolute atomic E-state index is 0. The summed E-state index contributed by atoms with van der Waals surface area (Å²) in [4.78, 5) is 0. The van der Waals surface area contributed by atoms with Crippen molar-refractivity contribution in [1.29, 1.82) is 0 Å². The van der Waals surface area contributed by atoms with Crippen LogP contribution in [0.25, 0.3) is 33.4 Å². The third-order valence-electron chi connectivity index (χ3n) is 7.10. The van der Waals surface area contributed by atoms with Crippen molar-refractivity contribution in [3.8, 4) is 33.4 Å². The Balaban J connectivity index is 0.00000114. The smallest absolute Gasteiger partial charge is 0.0725 e. The molecule has 0 fully saturated rings. The van der Waals surface area contributed by atoms with E-state index in [2.05, 4.69) is 121 Å². The molecule has 0 N–H and O–H groups in total. The second-order valence-corrected chi connectivity index (χ2v) is 8.51. The number of halogens is 2. The number of hydrogen-bond donors (Lipinski definition) is 0. The average molecular weight is 648 g/mol. The van der Waals surface area contributed by atoms with Gasteiger partial charge in [-0.25, -0.2) is 0 Å². The van der Waals surface area contributed by atoms with Crippen LogP contribution in [0.2, 0.25) is 0 Å². The van der Waals surface area contributed by atoms with E-state index >= 15 is 0 Å². The first-order valence-corrected chi connectivity index (χ1v) is 10.9. The molecule has 0 aromatic heterocycles. The predicted molar refractivity (Wildman–Crippen MR) is 159 cm³/mol. The zero-order chi connectivity index (χ0) is 20.4. The summed E-state index contributed by atoms with van der Waals surface area (Å²) in [6.07, 6.45) is 0. The van der Waals surface area contributed by atoms with Crippen LogP contribution in [0.4, 0.5) is 0 Å². The van der Waals surface area contributed by atoms with Crippen LogP contribution in [0.15, 0.2) is 121 Å². The molecule has 0 radical (unpaired) electrons. The van der Waals surface area contributed by atoms with Gasteiger partial charge in [0.1, 0.15) is 0 Å². The van der Waals surface area contributed by atoms with Gasteiger partial charge in [0.05, 0.1) is 5.41 Å². The standard InChI is InChI=1S/C31H20.2HI/c1-2-10-21(11-3-1)22-18-19-30-26(20-22)25-14-6-9-17-29(25)31(30)27-15-7-4-12-23(27)24-13-5-8-16-28(24)31;;/h1-20H;2*1H.